The van der Waals surface area contributed by atoms with Gasteiger partial charge in [-0.2, -0.15) is 0 Å². The summed E-state index contributed by atoms with van der Waals surface area (Å²) in [7, 11) is 2.81. The standard InChI is InChI=1S/C16H23N3O5/c1-10-4-5-18(9-11(10)8-17)16(20)12-6-14(23-2)15(24-3)7-13(12)19(21)22/h6-7,10-11H,4-5,8-9,17H2,1-3H3. The van der Waals surface area contributed by atoms with Crippen molar-refractivity contribution in [2.45, 2.75) is 13.3 Å². The molecule has 1 heterocycles. The minimum atomic E-state index is -0.581. The van der Waals surface area contributed by atoms with Gasteiger partial charge >= 0.3 is 0 Å². The summed E-state index contributed by atoms with van der Waals surface area (Å²) in [5.41, 5.74) is 5.49. The maximum atomic E-state index is 12.8. The van der Waals surface area contributed by atoms with Crippen LogP contribution in [0.2, 0.25) is 0 Å². The number of amides is 1. The molecule has 2 N–H and O–H groups in total. The molecule has 2 atom stereocenters. The van der Waals surface area contributed by atoms with Crippen molar-refractivity contribution in [2.75, 3.05) is 33.9 Å². The van der Waals surface area contributed by atoms with Crippen LogP contribution >= 0.6 is 0 Å². The molecule has 1 aromatic rings. The first-order valence-corrected chi connectivity index (χ1v) is 7.82. The molecule has 8 nitrogen and oxygen atoms in total. The fourth-order valence-corrected chi connectivity index (χ4v) is 3.00. The van der Waals surface area contributed by atoms with E-state index in [0.717, 1.165) is 6.42 Å². The summed E-state index contributed by atoms with van der Waals surface area (Å²) < 4.78 is 10.3. The van der Waals surface area contributed by atoms with Crippen LogP contribution < -0.4 is 15.2 Å². The summed E-state index contributed by atoms with van der Waals surface area (Å²) in [6.45, 7) is 3.65. The van der Waals surface area contributed by atoms with Crippen LogP contribution in [-0.4, -0.2) is 49.6 Å². The molecule has 1 saturated heterocycles. The molecule has 24 heavy (non-hydrogen) atoms. The van der Waals surface area contributed by atoms with Crippen LogP contribution in [0.25, 0.3) is 0 Å². The first-order chi connectivity index (χ1) is 11.4. The maximum absolute atomic E-state index is 12.8. The van der Waals surface area contributed by atoms with E-state index in [2.05, 4.69) is 6.92 Å². The molecular formula is C16H23N3O5. The average molecular weight is 337 g/mol. The van der Waals surface area contributed by atoms with Crippen molar-refractivity contribution in [3.05, 3.63) is 27.8 Å². The fraction of sp³-hybridized carbons (Fsp3) is 0.562. The number of carbonyl (C=O) groups is 1. The van der Waals surface area contributed by atoms with Gasteiger partial charge < -0.3 is 20.1 Å². The fourth-order valence-electron chi connectivity index (χ4n) is 3.00. The van der Waals surface area contributed by atoms with Crippen molar-refractivity contribution in [3.8, 4) is 11.5 Å². The van der Waals surface area contributed by atoms with Crippen LogP contribution in [0.15, 0.2) is 12.1 Å². The number of nitrogens with zero attached hydrogens (tertiary/aromatic N) is 2. The zero-order chi connectivity index (χ0) is 17.9. The molecule has 1 amide bonds. The number of nitrogens with two attached hydrogens (primary N) is 1. The number of methoxy groups -OCH3 is 2. The Balaban J connectivity index is 2.39. The summed E-state index contributed by atoms with van der Waals surface area (Å²) in [6.07, 6.45) is 0.828. The number of likely N-dealkylation sites (tertiary alicyclic amines) is 1. The molecule has 0 spiro atoms. The summed E-state index contributed by atoms with van der Waals surface area (Å²) in [6, 6.07) is 2.59. The number of piperidine rings is 1. The normalized spacial score (nSPS) is 20.6. The Hall–Kier alpha value is -2.35. The zero-order valence-corrected chi connectivity index (χ0v) is 14.2. The van der Waals surface area contributed by atoms with E-state index >= 15 is 0 Å². The average Bonchev–Trinajstić information content (AvgIpc) is 2.60. The number of carbonyl (C=O) groups excluding carboxylic acids is 1. The monoisotopic (exact) mass is 337 g/mol. The predicted octanol–water partition coefficient (Wildman–Crippen LogP) is 1.67. The van der Waals surface area contributed by atoms with Crippen molar-refractivity contribution >= 4 is 11.6 Å². The van der Waals surface area contributed by atoms with Gasteiger partial charge in [0.15, 0.2) is 11.5 Å². The number of nitro benzene ring substituents is 1. The van der Waals surface area contributed by atoms with E-state index in [1.807, 2.05) is 0 Å². The van der Waals surface area contributed by atoms with E-state index in [0.29, 0.717) is 25.6 Å². The first kappa shape index (κ1) is 18.0. The molecule has 2 unspecified atom stereocenters. The Morgan fingerprint density at radius 2 is 2.00 bits per heavy atom. The van der Waals surface area contributed by atoms with Gasteiger partial charge in [0.05, 0.1) is 25.2 Å². The SMILES string of the molecule is COc1cc(C(=O)N2CCC(C)C(CN)C2)c([N+](=O)[O-])cc1OC. The van der Waals surface area contributed by atoms with Gasteiger partial charge in [-0.3, -0.25) is 14.9 Å². The smallest absolute Gasteiger partial charge is 0.286 e. The molecule has 0 aliphatic carbocycles. The molecule has 1 aliphatic heterocycles. The van der Waals surface area contributed by atoms with Crippen molar-refractivity contribution in [2.24, 2.45) is 17.6 Å². The highest BCUT2D eigenvalue weighted by molar-refractivity contribution is 5.99. The quantitative estimate of drug-likeness (QED) is 0.647. The number of ether oxygens (including phenoxy) is 2. The third-order valence-electron chi connectivity index (χ3n) is 4.63. The van der Waals surface area contributed by atoms with Crippen LogP contribution in [0.1, 0.15) is 23.7 Å². The largest absolute Gasteiger partial charge is 0.493 e. The Bertz CT molecular complexity index is 634. The topological polar surface area (TPSA) is 108 Å². The van der Waals surface area contributed by atoms with Crippen LogP contribution in [-0.2, 0) is 0 Å². The van der Waals surface area contributed by atoms with Gasteiger partial charge in [-0.15, -0.1) is 0 Å². The highest BCUT2D eigenvalue weighted by atomic mass is 16.6. The lowest BCUT2D eigenvalue weighted by Gasteiger charge is -2.36. The van der Waals surface area contributed by atoms with Crippen LogP contribution in [0.5, 0.6) is 11.5 Å². The maximum Gasteiger partial charge on any atom is 0.286 e. The van der Waals surface area contributed by atoms with Gasteiger partial charge in [-0.05, 0) is 24.8 Å². The van der Waals surface area contributed by atoms with E-state index in [1.165, 1.54) is 26.4 Å². The van der Waals surface area contributed by atoms with Crippen molar-refractivity contribution in [1.29, 1.82) is 0 Å². The Morgan fingerprint density at radius 1 is 1.38 bits per heavy atom. The highest BCUT2D eigenvalue weighted by Gasteiger charge is 2.32. The van der Waals surface area contributed by atoms with Gasteiger partial charge in [-0.25, -0.2) is 0 Å². The van der Waals surface area contributed by atoms with Gasteiger partial charge in [0.2, 0.25) is 0 Å². The number of benzene rings is 1. The third-order valence-corrected chi connectivity index (χ3v) is 4.63. The minimum Gasteiger partial charge on any atom is -0.493 e. The number of rotatable bonds is 5. The third kappa shape index (κ3) is 3.43. The van der Waals surface area contributed by atoms with E-state index in [-0.39, 0.29) is 34.6 Å². The van der Waals surface area contributed by atoms with Crippen molar-refractivity contribution < 1.29 is 19.2 Å². The van der Waals surface area contributed by atoms with Gasteiger partial charge in [0.1, 0.15) is 5.56 Å². The minimum absolute atomic E-state index is 0.00275. The predicted molar refractivity (Wildman–Crippen MR) is 88.4 cm³/mol. The lowest BCUT2D eigenvalue weighted by atomic mass is 9.87. The summed E-state index contributed by atoms with van der Waals surface area (Å²) in [5, 5.41) is 11.4. The van der Waals surface area contributed by atoms with E-state index in [4.69, 9.17) is 15.2 Å². The Labute approximate surface area is 140 Å². The zero-order valence-electron chi connectivity index (χ0n) is 14.2. The number of hydrogen-bond acceptors (Lipinski definition) is 6. The summed E-state index contributed by atoms with van der Waals surface area (Å²) in [5.74, 6) is 0.745. The molecule has 0 radical (unpaired) electrons. The molecule has 0 bridgehead atoms. The Morgan fingerprint density at radius 3 is 2.54 bits per heavy atom. The van der Waals surface area contributed by atoms with Crippen LogP contribution in [0.3, 0.4) is 0 Å². The molecule has 2 rings (SSSR count). The van der Waals surface area contributed by atoms with Crippen molar-refractivity contribution in [1.82, 2.24) is 4.90 Å². The van der Waals surface area contributed by atoms with E-state index in [9.17, 15) is 14.9 Å². The van der Waals surface area contributed by atoms with Gasteiger partial charge in [-0.1, -0.05) is 6.92 Å². The van der Waals surface area contributed by atoms with Crippen LogP contribution in [0, 0.1) is 22.0 Å². The van der Waals surface area contributed by atoms with Gasteiger partial charge in [0, 0.05) is 19.2 Å². The second-order valence-electron chi connectivity index (χ2n) is 5.99. The first-order valence-electron chi connectivity index (χ1n) is 7.82. The summed E-state index contributed by atoms with van der Waals surface area (Å²) in [4.78, 5) is 25.3. The molecule has 8 heteroatoms. The van der Waals surface area contributed by atoms with Crippen molar-refractivity contribution in [3.63, 3.8) is 0 Å². The molecule has 1 aliphatic rings. The molecule has 0 saturated carbocycles. The second-order valence-corrected chi connectivity index (χ2v) is 5.99. The number of nitro groups is 1. The van der Waals surface area contributed by atoms with Crippen LogP contribution in [0.4, 0.5) is 5.69 Å². The van der Waals surface area contributed by atoms with Gasteiger partial charge in [0.25, 0.3) is 11.6 Å². The van der Waals surface area contributed by atoms with E-state index in [1.54, 1.807) is 4.90 Å². The molecular weight excluding hydrogens is 314 g/mol. The number of hydrogen-bond donors (Lipinski definition) is 1. The lowest BCUT2D eigenvalue weighted by molar-refractivity contribution is -0.385. The van der Waals surface area contributed by atoms with E-state index < -0.39 is 4.92 Å². The molecule has 132 valence electrons. The molecule has 1 fully saturated rings. The Kier molecular flexibility index (Phi) is 5.61. The lowest BCUT2D eigenvalue weighted by Crippen LogP contribution is -2.45. The summed E-state index contributed by atoms with van der Waals surface area (Å²) >= 11 is 0. The molecule has 1 aromatic carbocycles. The molecule has 0 aromatic heterocycles. The highest BCUT2D eigenvalue weighted by Crippen LogP contribution is 2.35. The second kappa shape index (κ2) is 7.48.